The quantitative estimate of drug-likeness (QED) is 0.274. The third-order valence-electron chi connectivity index (χ3n) is 1.48. The molecular weight excluding hydrogens is 206 g/mol. The predicted octanol–water partition coefficient (Wildman–Crippen LogP) is -1.98. The molecule has 0 aromatic rings. The van der Waals surface area contributed by atoms with E-state index in [-0.39, 0.29) is 18.2 Å². The van der Waals surface area contributed by atoms with Gasteiger partial charge in [0.2, 0.25) is 0 Å². The zero-order valence-corrected chi connectivity index (χ0v) is 7.43. The van der Waals surface area contributed by atoms with Crippen molar-refractivity contribution >= 4 is 23.8 Å². The largest absolute Gasteiger partial charge is 0.391 e. The van der Waals surface area contributed by atoms with Crippen LogP contribution in [0.15, 0.2) is 12.2 Å². The van der Waals surface area contributed by atoms with E-state index < -0.39 is 18.0 Å². The molecule has 1 unspecified atom stereocenters. The van der Waals surface area contributed by atoms with Crippen molar-refractivity contribution in [2.75, 3.05) is 0 Å². The average molecular weight is 213 g/mol. The molecule has 7 nitrogen and oxygen atoms in total. The van der Waals surface area contributed by atoms with E-state index in [4.69, 9.17) is 5.11 Å². The van der Waals surface area contributed by atoms with Gasteiger partial charge in [0.05, 0.1) is 6.42 Å². The zero-order chi connectivity index (χ0) is 11.4. The van der Waals surface area contributed by atoms with Crippen LogP contribution in [0, 0.1) is 0 Å². The Kier molecular flexibility index (Phi) is 3.29. The molecule has 0 aliphatic carbocycles. The Labute approximate surface area is 83.7 Å². The zero-order valence-electron chi connectivity index (χ0n) is 7.43. The van der Waals surface area contributed by atoms with Crippen LogP contribution in [0.3, 0.4) is 0 Å². The number of esters is 2. The van der Waals surface area contributed by atoms with E-state index >= 15 is 0 Å². The Hall–Kier alpha value is -2.02. The van der Waals surface area contributed by atoms with Gasteiger partial charge in [0.1, 0.15) is 0 Å². The van der Waals surface area contributed by atoms with Crippen LogP contribution in [0.2, 0.25) is 0 Å². The minimum absolute atomic E-state index is 0.196. The molecule has 0 spiro atoms. The maximum absolute atomic E-state index is 10.1. The predicted molar refractivity (Wildman–Crippen MR) is 44.0 cm³/mol. The fourth-order valence-corrected chi connectivity index (χ4v) is 0.819. The van der Waals surface area contributed by atoms with Crippen molar-refractivity contribution in [3.8, 4) is 0 Å². The lowest BCUT2D eigenvalue weighted by molar-refractivity contribution is -0.154. The molecule has 0 aromatic heterocycles. The molecule has 2 rings (SSSR count). The number of hydrogen-bond acceptors (Lipinski definition) is 6. The molecule has 2 aliphatic heterocycles. The molecule has 1 atom stereocenters. The number of cyclic esters (lactones) is 2. The molecular formula is C8H7NO6. The Morgan fingerprint density at radius 3 is 1.87 bits per heavy atom. The highest BCUT2D eigenvalue weighted by Gasteiger charge is 2.30. The first-order valence-corrected chi connectivity index (χ1v) is 3.94. The summed E-state index contributed by atoms with van der Waals surface area (Å²) in [4.78, 5) is 40.2. The summed E-state index contributed by atoms with van der Waals surface area (Å²) in [6.45, 7) is 0. The lowest BCUT2D eigenvalue weighted by Crippen LogP contribution is -2.19. The first-order valence-electron chi connectivity index (χ1n) is 3.94. The number of aliphatic hydroxyl groups excluding tert-OH is 1. The first-order chi connectivity index (χ1) is 6.99. The van der Waals surface area contributed by atoms with Crippen molar-refractivity contribution in [2.24, 2.45) is 0 Å². The maximum atomic E-state index is 10.1. The van der Waals surface area contributed by atoms with Crippen LogP contribution in [0.1, 0.15) is 6.42 Å². The molecule has 2 N–H and O–H groups in total. The van der Waals surface area contributed by atoms with Crippen molar-refractivity contribution in [1.29, 1.82) is 0 Å². The van der Waals surface area contributed by atoms with Crippen LogP contribution in [-0.2, 0) is 23.9 Å². The van der Waals surface area contributed by atoms with E-state index in [2.05, 4.69) is 4.74 Å². The summed E-state index contributed by atoms with van der Waals surface area (Å²) in [6.07, 6.45) is 0.978. The van der Waals surface area contributed by atoms with E-state index in [0.717, 1.165) is 0 Å². The third-order valence-corrected chi connectivity index (χ3v) is 1.48. The number of imide groups is 1. The summed E-state index contributed by atoms with van der Waals surface area (Å²) in [7, 11) is 0. The molecule has 0 bridgehead atoms. The number of carbonyl (C=O) groups excluding carboxylic acids is 4. The maximum Gasteiger partial charge on any atom is 0.343 e. The van der Waals surface area contributed by atoms with Gasteiger partial charge >= 0.3 is 11.9 Å². The lowest BCUT2D eigenvalue weighted by atomic mass is 10.3. The molecule has 80 valence electrons. The molecule has 15 heavy (non-hydrogen) atoms. The van der Waals surface area contributed by atoms with Crippen LogP contribution in [0.4, 0.5) is 0 Å². The standard InChI is InChI=1S/C4H3NO2.C4H4O4/c6-3-1-2-4(7)5-3;5-2-1-3(6)8-4(2)7/h1-2H,(H,5,6,7);2,5H,1H2. The van der Waals surface area contributed by atoms with Gasteiger partial charge in [0.15, 0.2) is 6.10 Å². The fraction of sp³-hybridized carbons (Fsp3) is 0.250. The van der Waals surface area contributed by atoms with Crippen LogP contribution in [0.25, 0.3) is 0 Å². The molecule has 0 saturated carbocycles. The van der Waals surface area contributed by atoms with Gasteiger partial charge in [0.25, 0.3) is 11.8 Å². The van der Waals surface area contributed by atoms with Crippen molar-refractivity contribution in [1.82, 2.24) is 5.32 Å². The summed E-state index contributed by atoms with van der Waals surface area (Å²) in [5.74, 6) is -2.15. The third kappa shape index (κ3) is 3.31. The van der Waals surface area contributed by atoms with Crippen LogP contribution < -0.4 is 5.32 Å². The normalized spacial score (nSPS) is 23.4. The summed E-state index contributed by atoms with van der Waals surface area (Å²) < 4.78 is 3.95. The Morgan fingerprint density at radius 1 is 1.20 bits per heavy atom. The van der Waals surface area contributed by atoms with Crippen LogP contribution in [0.5, 0.6) is 0 Å². The SMILES string of the molecule is O=C1C=CC(=O)N1.O=C1CC(O)C(=O)O1. The van der Waals surface area contributed by atoms with E-state index in [1.807, 2.05) is 5.32 Å². The second-order valence-electron chi connectivity index (χ2n) is 2.70. The number of aliphatic hydroxyl groups is 1. The number of amides is 2. The minimum atomic E-state index is -1.22. The Balaban J connectivity index is 0.000000151. The number of ether oxygens (including phenoxy) is 1. The summed E-state index contributed by atoms with van der Waals surface area (Å²) in [5, 5.41) is 10.5. The van der Waals surface area contributed by atoms with Crippen LogP contribution >= 0.6 is 0 Å². The van der Waals surface area contributed by atoms with Gasteiger partial charge in [-0.1, -0.05) is 0 Å². The van der Waals surface area contributed by atoms with Gasteiger partial charge in [-0.25, -0.2) is 4.79 Å². The smallest absolute Gasteiger partial charge is 0.343 e. The van der Waals surface area contributed by atoms with E-state index in [0.29, 0.717) is 0 Å². The molecule has 1 fully saturated rings. The van der Waals surface area contributed by atoms with Gasteiger partial charge in [-0.05, 0) is 0 Å². The molecule has 2 heterocycles. The molecule has 0 aromatic carbocycles. The summed E-state index contributed by atoms with van der Waals surface area (Å²) in [6, 6.07) is 0. The van der Waals surface area contributed by atoms with Gasteiger partial charge in [-0.3, -0.25) is 19.7 Å². The summed E-state index contributed by atoms with van der Waals surface area (Å²) in [5.41, 5.74) is 0. The van der Waals surface area contributed by atoms with Crippen LogP contribution in [-0.4, -0.2) is 35.0 Å². The van der Waals surface area contributed by atoms with Gasteiger partial charge in [0, 0.05) is 12.2 Å². The second-order valence-corrected chi connectivity index (χ2v) is 2.70. The van der Waals surface area contributed by atoms with Gasteiger partial charge in [-0.2, -0.15) is 0 Å². The second kappa shape index (κ2) is 4.47. The summed E-state index contributed by atoms with van der Waals surface area (Å²) >= 11 is 0. The number of rotatable bonds is 0. The van der Waals surface area contributed by atoms with Gasteiger partial charge in [-0.15, -0.1) is 0 Å². The van der Waals surface area contributed by atoms with Crippen molar-refractivity contribution < 1.29 is 29.0 Å². The molecule has 2 aliphatic rings. The Morgan fingerprint density at radius 2 is 1.73 bits per heavy atom. The molecule has 2 amide bonds. The average Bonchev–Trinajstić information content (AvgIpc) is 2.61. The van der Waals surface area contributed by atoms with Gasteiger partial charge < -0.3 is 9.84 Å². The molecule has 0 radical (unpaired) electrons. The van der Waals surface area contributed by atoms with Crippen molar-refractivity contribution in [3.63, 3.8) is 0 Å². The fourth-order valence-electron chi connectivity index (χ4n) is 0.819. The minimum Gasteiger partial charge on any atom is -0.391 e. The van der Waals surface area contributed by atoms with E-state index in [1.54, 1.807) is 0 Å². The first kappa shape index (κ1) is 11.1. The van der Waals surface area contributed by atoms with E-state index in [9.17, 15) is 19.2 Å². The Bertz CT molecular complexity index is 342. The highest BCUT2D eigenvalue weighted by molar-refractivity contribution is 6.12. The monoisotopic (exact) mass is 213 g/mol. The highest BCUT2D eigenvalue weighted by Crippen LogP contribution is 2.05. The van der Waals surface area contributed by atoms with Crippen molar-refractivity contribution in [3.05, 3.63) is 12.2 Å². The number of carbonyl (C=O) groups is 4. The lowest BCUT2D eigenvalue weighted by Gasteiger charge is -1.86. The highest BCUT2D eigenvalue weighted by atomic mass is 16.6. The molecule has 7 heteroatoms. The number of nitrogens with one attached hydrogen (secondary N) is 1. The van der Waals surface area contributed by atoms with Crippen molar-refractivity contribution in [2.45, 2.75) is 12.5 Å². The molecule has 1 saturated heterocycles. The topological polar surface area (TPSA) is 110 Å². The van der Waals surface area contributed by atoms with E-state index in [1.165, 1.54) is 12.2 Å². The number of hydrogen-bond donors (Lipinski definition) is 2.